The minimum atomic E-state index is 0.429. The molecule has 10 heteroatoms. The van der Waals surface area contributed by atoms with Gasteiger partial charge in [0.25, 0.3) is 0 Å². The highest BCUT2D eigenvalue weighted by Crippen LogP contribution is 2.25. The van der Waals surface area contributed by atoms with Crippen LogP contribution in [0.25, 0.3) is 0 Å². The van der Waals surface area contributed by atoms with Gasteiger partial charge in [-0.1, -0.05) is 59.1 Å². The molecular weight excluding hydrogens is 499 g/mol. The van der Waals surface area contributed by atoms with Gasteiger partial charge in [-0.15, -0.1) is 0 Å². The van der Waals surface area contributed by atoms with Crippen molar-refractivity contribution in [3.63, 3.8) is 0 Å². The number of anilines is 2. The highest BCUT2D eigenvalue weighted by Gasteiger charge is 2.14. The average molecular weight is 520 g/mol. The molecule has 0 atom stereocenters. The van der Waals surface area contributed by atoms with E-state index in [1.54, 1.807) is 10.7 Å². The molecule has 0 saturated heterocycles. The van der Waals surface area contributed by atoms with E-state index in [1.807, 2.05) is 67.2 Å². The SMILES string of the molecule is Cc1nn(Cc2ccc(Cl)c(Cl)c2)c(C)c1NC(=S)Nc1ccn(Cc2ccccc2Cl)n1. The van der Waals surface area contributed by atoms with Crippen molar-refractivity contribution in [3.05, 3.63) is 92.3 Å². The molecular formula is C23H21Cl3N6S. The molecule has 6 nitrogen and oxygen atoms in total. The third-order valence-electron chi connectivity index (χ3n) is 5.11. The average Bonchev–Trinajstić information content (AvgIpc) is 3.31. The van der Waals surface area contributed by atoms with Gasteiger partial charge in [-0.25, -0.2) is 0 Å². The van der Waals surface area contributed by atoms with Crippen molar-refractivity contribution in [2.75, 3.05) is 10.6 Å². The van der Waals surface area contributed by atoms with Crippen LogP contribution in [0.2, 0.25) is 15.1 Å². The quantitative estimate of drug-likeness (QED) is 0.282. The van der Waals surface area contributed by atoms with Gasteiger partial charge in [-0.3, -0.25) is 9.36 Å². The van der Waals surface area contributed by atoms with E-state index < -0.39 is 0 Å². The van der Waals surface area contributed by atoms with Crippen molar-refractivity contribution >= 4 is 63.6 Å². The lowest BCUT2D eigenvalue weighted by molar-refractivity contribution is 0.659. The minimum absolute atomic E-state index is 0.429. The molecule has 2 aromatic heterocycles. The van der Waals surface area contributed by atoms with Crippen molar-refractivity contribution in [3.8, 4) is 0 Å². The van der Waals surface area contributed by atoms with Crippen LogP contribution in [0.3, 0.4) is 0 Å². The first-order chi connectivity index (χ1) is 15.8. The van der Waals surface area contributed by atoms with Gasteiger partial charge in [0.15, 0.2) is 10.9 Å². The summed E-state index contributed by atoms with van der Waals surface area (Å²) in [5.41, 5.74) is 4.64. The molecule has 4 aromatic rings. The minimum Gasteiger partial charge on any atom is -0.329 e. The maximum absolute atomic E-state index is 6.24. The molecule has 0 bridgehead atoms. The van der Waals surface area contributed by atoms with Crippen LogP contribution < -0.4 is 10.6 Å². The summed E-state index contributed by atoms with van der Waals surface area (Å²) in [4.78, 5) is 0. The maximum atomic E-state index is 6.24. The van der Waals surface area contributed by atoms with Crippen LogP contribution in [-0.2, 0) is 13.1 Å². The summed E-state index contributed by atoms with van der Waals surface area (Å²) in [5, 5.41) is 17.7. The topological polar surface area (TPSA) is 59.7 Å². The predicted molar refractivity (Wildman–Crippen MR) is 140 cm³/mol. The van der Waals surface area contributed by atoms with E-state index in [9.17, 15) is 0 Å². The molecule has 0 saturated carbocycles. The molecule has 4 rings (SSSR count). The van der Waals surface area contributed by atoms with Crippen molar-refractivity contribution in [1.29, 1.82) is 0 Å². The Labute approximate surface area is 212 Å². The Balaban J connectivity index is 1.41. The largest absolute Gasteiger partial charge is 0.329 e. The van der Waals surface area contributed by atoms with Gasteiger partial charge in [0.2, 0.25) is 0 Å². The fourth-order valence-corrected chi connectivity index (χ4v) is 4.14. The highest BCUT2D eigenvalue weighted by atomic mass is 35.5. The van der Waals surface area contributed by atoms with E-state index in [0.717, 1.165) is 28.2 Å². The summed E-state index contributed by atoms with van der Waals surface area (Å²) in [6.07, 6.45) is 1.88. The summed E-state index contributed by atoms with van der Waals surface area (Å²) in [5.74, 6) is 0.637. The Kier molecular flexibility index (Phi) is 7.24. The number of nitrogens with zero attached hydrogens (tertiary/aromatic N) is 4. The summed E-state index contributed by atoms with van der Waals surface area (Å²) in [6.45, 7) is 5.06. The Hall–Kier alpha value is -2.58. The number of thiocarbonyl (C=S) groups is 1. The molecule has 0 amide bonds. The molecule has 170 valence electrons. The molecule has 2 heterocycles. The molecule has 0 spiro atoms. The number of benzene rings is 2. The summed E-state index contributed by atoms with van der Waals surface area (Å²) in [6, 6.07) is 15.1. The normalized spacial score (nSPS) is 10.9. The molecule has 0 unspecified atom stereocenters. The van der Waals surface area contributed by atoms with Gasteiger partial charge in [0, 0.05) is 17.3 Å². The van der Waals surface area contributed by atoms with Gasteiger partial charge < -0.3 is 10.6 Å². The molecule has 0 aliphatic rings. The number of nitrogens with one attached hydrogen (secondary N) is 2. The molecule has 0 fully saturated rings. The van der Waals surface area contributed by atoms with Crippen LogP contribution in [0, 0.1) is 13.8 Å². The Morgan fingerprint density at radius 1 is 0.909 bits per heavy atom. The van der Waals surface area contributed by atoms with Gasteiger partial charge in [0.05, 0.1) is 40.2 Å². The van der Waals surface area contributed by atoms with E-state index in [4.69, 9.17) is 47.0 Å². The standard InChI is InChI=1S/C23H21Cl3N6S/c1-14-22(15(2)32(29-14)12-16-7-8-19(25)20(26)11-16)28-23(33)27-21-9-10-31(30-21)13-17-5-3-4-6-18(17)24/h3-11H,12-13H2,1-2H3,(H2,27,28,30,33). The first-order valence-electron chi connectivity index (χ1n) is 10.1. The molecule has 0 aliphatic heterocycles. The number of aromatic nitrogens is 4. The van der Waals surface area contributed by atoms with Gasteiger partial charge >= 0.3 is 0 Å². The van der Waals surface area contributed by atoms with Crippen LogP contribution >= 0.6 is 47.0 Å². The Morgan fingerprint density at radius 2 is 1.70 bits per heavy atom. The summed E-state index contributed by atoms with van der Waals surface area (Å²) < 4.78 is 3.70. The van der Waals surface area contributed by atoms with E-state index in [2.05, 4.69) is 20.8 Å². The predicted octanol–water partition coefficient (Wildman–Crippen LogP) is 6.56. The molecule has 2 aromatic carbocycles. The lowest BCUT2D eigenvalue weighted by atomic mass is 10.2. The maximum Gasteiger partial charge on any atom is 0.176 e. The number of rotatable bonds is 6. The van der Waals surface area contributed by atoms with Crippen molar-refractivity contribution in [2.45, 2.75) is 26.9 Å². The van der Waals surface area contributed by atoms with Gasteiger partial charge in [-0.05, 0) is 55.4 Å². The number of hydrogen-bond donors (Lipinski definition) is 2. The van der Waals surface area contributed by atoms with E-state index in [1.165, 1.54) is 0 Å². The van der Waals surface area contributed by atoms with E-state index >= 15 is 0 Å². The second-order valence-electron chi connectivity index (χ2n) is 7.52. The van der Waals surface area contributed by atoms with Crippen molar-refractivity contribution in [2.24, 2.45) is 0 Å². The lowest BCUT2D eigenvalue weighted by Gasteiger charge is -2.10. The first-order valence-corrected chi connectivity index (χ1v) is 11.7. The zero-order valence-electron chi connectivity index (χ0n) is 17.9. The fraction of sp³-hybridized carbons (Fsp3) is 0.174. The van der Waals surface area contributed by atoms with Crippen molar-refractivity contribution < 1.29 is 0 Å². The fourth-order valence-electron chi connectivity index (χ4n) is 3.42. The smallest absolute Gasteiger partial charge is 0.176 e. The Morgan fingerprint density at radius 3 is 2.45 bits per heavy atom. The van der Waals surface area contributed by atoms with E-state index in [-0.39, 0.29) is 0 Å². The first kappa shape index (κ1) is 23.6. The van der Waals surface area contributed by atoms with Crippen LogP contribution in [0.15, 0.2) is 54.7 Å². The number of hydrogen-bond acceptors (Lipinski definition) is 3. The zero-order valence-corrected chi connectivity index (χ0v) is 21.0. The Bertz CT molecular complexity index is 1310. The number of halogens is 3. The lowest BCUT2D eigenvalue weighted by Crippen LogP contribution is -2.20. The second kappa shape index (κ2) is 10.1. The van der Waals surface area contributed by atoms with E-state index in [0.29, 0.717) is 39.1 Å². The van der Waals surface area contributed by atoms with Crippen molar-refractivity contribution in [1.82, 2.24) is 19.6 Å². The monoisotopic (exact) mass is 518 g/mol. The summed E-state index contributed by atoms with van der Waals surface area (Å²) >= 11 is 23.9. The van der Waals surface area contributed by atoms with Crippen LogP contribution in [-0.4, -0.2) is 24.7 Å². The van der Waals surface area contributed by atoms with Crippen LogP contribution in [0.4, 0.5) is 11.5 Å². The third kappa shape index (κ3) is 5.68. The molecule has 2 N–H and O–H groups in total. The molecule has 0 aliphatic carbocycles. The second-order valence-corrected chi connectivity index (χ2v) is 9.15. The van der Waals surface area contributed by atoms with Gasteiger partial charge in [0.1, 0.15) is 0 Å². The highest BCUT2D eigenvalue weighted by molar-refractivity contribution is 7.80. The van der Waals surface area contributed by atoms with Gasteiger partial charge in [-0.2, -0.15) is 10.2 Å². The zero-order chi connectivity index (χ0) is 23.5. The van der Waals surface area contributed by atoms with Crippen LogP contribution in [0.1, 0.15) is 22.5 Å². The third-order valence-corrected chi connectivity index (χ3v) is 6.42. The molecule has 33 heavy (non-hydrogen) atoms. The number of aryl methyl sites for hydroxylation is 1. The van der Waals surface area contributed by atoms with Crippen LogP contribution in [0.5, 0.6) is 0 Å². The molecule has 0 radical (unpaired) electrons. The summed E-state index contributed by atoms with van der Waals surface area (Å²) in [7, 11) is 0.